The molecule has 218 valence electrons. The Balaban J connectivity index is 1.62. The number of esters is 1. The summed E-state index contributed by atoms with van der Waals surface area (Å²) in [6.45, 7) is 8.58. The molecule has 3 saturated heterocycles. The van der Waals surface area contributed by atoms with Crippen molar-refractivity contribution in [2.75, 3.05) is 31.2 Å². The maximum Gasteiger partial charge on any atom is 0.312 e. The van der Waals surface area contributed by atoms with Crippen LogP contribution in [0.3, 0.4) is 0 Å². The predicted octanol–water partition coefficient (Wildman–Crippen LogP) is 4.69. The van der Waals surface area contributed by atoms with Gasteiger partial charge in [-0.2, -0.15) is 0 Å². The lowest BCUT2D eigenvalue weighted by Gasteiger charge is -2.36. The van der Waals surface area contributed by atoms with Gasteiger partial charge in [0.15, 0.2) is 0 Å². The van der Waals surface area contributed by atoms with Gasteiger partial charge in [-0.1, -0.05) is 36.6 Å². The lowest BCUT2D eigenvalue weighted by molar-refractivity contribution is -0.155. The van der Waals surface area contributed by atoms with E-state index in [0.29, 0.717) is 42.9 Å². The molecule has 3 heterocycles. The van der Waals surface area contributed by atoms with Gasteiger partial charge in [-0.15, -0.1) is 13.2 Å². The Hall–Kier alpha value is -2.68. The molecule has 1 aromatic rings. The number of amides is 2. The van der Waals surface area contributed by atoms with Crippen molar-refractivity contribution in [1.82, 2.24) is 4.90 Å². The average Bonchev–Trinajstić information content (AvgIpc) is 3.59. The Morgan fingerprint density at radius 3 is 2.58 bits per heavy atom. The highest BCUT2D eigenvalue weighted by Crippen LogP contribution is 2.59. The standard InChI is InChI=1S/C31H41ClN2O6/c1-3-5-6-11-21-39-30(38)25-24-16-17-31(40-24)26(25)28(36)34(19-9-7-8-10-20-35)27(31)29(37)33(18-4-2)23-14-12-22(32)13-15-23/h3-4,12-15,24-27,35H,1-2,5-11,16-21H2/t24-,25+,26+,27?,31?/m1/s1. The molecular weight excluding hydrogens is 532 g/mol. The molecule has 0 aliphatic carbocycles. The van der Waals surface area contributed by atoms with Gasteiger partial charge in [0.2, 0.25) is 5.91 Å². The van der Waals surface area contributed by atoms with E-state index in [1.807, 2.05) is 6.08 Å². The molecule has 1 spiro atoms. The number of unbranched alkanes of at least 4 members (excludes halogenated alkanes) is 5. The number of hydrogen-bond donors (Lipinski definition) is 1. The van der Waals surface area contributed by atoms with E-state index in [4.69, 9.17) is 26.2 Å². The molecule has 2 amide bonds. The summed E-state index contributed by atoms with van der Waals surface area (Å²) in [6.07, 6.45) is 9.63. The first-order valence-electron chi connectivity index (χ1n) is 14.4. The first-order valence-corrected chi connectivity index (χ1v) is 14.8. The van der Waals surface area contributed by atoms with Crippen LogP contribution in [0.5, 0.6) is 0 Å². The number of aliphatic hydroxyl groups excluding tert-OH is 1. The number of hydrogen-bond acceptors (Lipinski definition) is 6. The minimum absolute atomic E-state index is 0.124. The number of carbonyl (C=O) groups is 3. The van der Waals surface area contributed by atoms with Gasteiger partial charge in [0.25, 0.3) is 5.91 Å². The molecule has 3 fully saturated rings. The number of anilines is 1. The third-order valence-corrected chi connectivity index (χ3v) is 8.63. The number of aliphatic hydroxyl groups is 1. The second-order valence-corrected chi connectivity index (χ2v) is 11.3. The van der Waals surface area contributed by atoms with E-state index in [9.17, 15) is 14.4 Å². The van der Waals surface area contributed by atoms with Gasteiger partial charge in [-0.25, -0.2) is 0 Å². The van der Waals surface area contributed by atoms with E-state index in [0.717, 1.165) is 32.1 Å². The van der Waals surface area contributed by atoms with Crippen LogP contribution in [0.25, 0.3) is 0 Å². The first-order chi connectivity index (χ1) is 19.4. The number of ether oxygens (including phenoxy) is 2. The summed E-state index contributed by atoms with van der Waals surface area (Å²) in [5.74, 6) is -2.37. The summed E-state index contributed by atoms with van der Waals surface area (Å²) >= 11 is 6.11. The van der Waals surface area contributed by atoms with E-state index in [1.165, 1.54) is 0 Å². The second kappa shape index (κ2) is 13.8. The predicted molar refractivity (Wildman–Crippen MR) is 154 cm³/mol. The molecule has 9 heteroatoms. The van der Waals surface area contributed by atoms with Crippen molar-refractivity contribution in [2.24, 2.45) is 11.8 Å². The monoisotopic (exact) mass is 572 g/mol. The summed E-state index contributed by atoms with van der Waals surface area (Å²) in [5.41, 5.74) is -0.435. The molecule has 0 radical (unpaired) electrons. The van der Waals surface area contributed by atoms with Crippen molar-refractivity contribution in [3.05, 3.63) is 54.6 Å². The summed E-state index contributed by atoms with van der Waals surface area (Å²) in [5, 5.41) is 9.69. The Morgan fingerprint density at radius 2 is 1.88 bits per heavy atom. The first kappa shape index (κ1) is 30.3. The van der Waals surface area contributed by atoms with Crippen LogP contribution in [-0.4, -0.2) is 71.8 Å². The molecule has 0 aromatic heterocycles. The smallest absolute Gasteiger partial charge is 0.312 e. The van der Waals surface area contributed by atoms with Crippen LogP contribution in [0.1, 0.15) is 57.8 Å². The van der Waals surface area contributed by atoms with Gasteiger partial charge in [-0.05, 0) is 69.2 Å². The normalized spacial score (nSPS) is 26.6. The molecule has 0 saturated carbocycles. The minimum Gasteiger partial charge on any atom is -0.465 e. The third-order valence-electron chi connectivity index (χ3n) is 8.38. The summed E-state index contributed by atoms with van der Waals surface area (Å²) < 4.78 is 12.2. The van der Waals surface area contributed by atoms with E-state index < -0.39 is 35.6 Å². The zero-order valence-electron chi connectivity index (χ0n) is 23.1. The number of allylic oxidation sites excluding steroid dienone is 1. The number of carbonyl (C=O) groups excluding carboxylic acids is 3. The quantitative estimate of drug-likeness (QED) is 0.175. The number of fused-ring (bicyclic) bond motifs is 1. The van der Waals surface area contributed by atoms with Crippen LogP contribution in [-0.2, 0) is 23.9 Å². The second-order valence-electron chi connectivity index (χ2n) is 10.9. The Morgan fingerprint density at radius 1 is 1.12 bits per heavy atom. The Labute approximate surface area is 241 Å². The fourth-order valence-electron chi connectivity index (χ4n) is 6.57. The van der Waals surface area contributed by atoms with Crippen LogP contribution < -0.4 is 4.90 Å². The van der Waals surface area contributed by atoms with E-state index in [2.05, 4.69) is 13.2 Å². The molecule has 5 atom stereocenters. The molecular formula is C31H41ClN2O6. The molecule has 1 aromatic carbocycles. The van der Waals surface area contributed by atoms with E-state index in [1.54, 1.807) is 40.1 Å². The van der Waals surface area contributed by atoms with Crippen LogP contribution in [0.4, 0.5) is 5.69 Å². The summed E-state index contributed by atoms with van der Waals surface area (Å²) in [6, 6.07) is 6.12. The maximum absolute atomic E-state index is 14.4. The fraction of sp³-hybridized carbons (Fsp3) is 0.581. The molecule has 2 unspecified atom stereocenters. The topological polar surface area (TPSA) is 96.4 Å². The number of rotatable bonds is 16. The van der Waals surface area contributed by atoms with Gasteiger partial charge < -0.3 is 24.4 Å². The number of benzene rings is 1. The van der Waals surface area contributed by atoms with Crippen LogP contribution >= 0.6 is 11.6 Å². The van der Waals surface area contributed by atoms with Gasteiger partial charge in [0, 0.05) is 30.4 Å². The maximum atomic E-state index is 14.4. The van der Waals surface area contributed by atoms with E-state index >= 15 is 0 Å². The number of nitrogens with zero attached hydrogens (tertiary/aromatic N) is 2. The highest BCUT2D eigenvalue weighted by molar-refractivity contribution is 6.30. The largest absolute Gasteiger partial charge is 0.465 e. The fourth-order valence-corrected chi connectivity index (χ4v) is 6.69. The highest BCUT2D eigenvalue weighted by Gasteiger charge is 2.75. The lowest BCUT2D eigenvalue weighted by atomic mass is 9.70. The molecule has 2 bridgehead atoms. The number of halogens is 1. The average molecular weight is 573 g/mol. The van der Waals surface area contributed by atoms with Gasteiger partial charge >= 0.3 is 5.97 Å². The van der Waals surface area contributed by atoms with E-state index in [-0.39, 0.29) is 31.6 Å². The van der Waals surface area contributed by atoms with Crippen molar-refractivity contribution in [3.63, 3.8) is 0 Å². The van der Waals surface area contributed by atoms with Crippen molar-refractivity contribution in [2.45, 2.75) is 75.5 Å². The zero-order valence-corrected chi connectivity index (χ0v) is 23.9. The van der Waals surface area contributed by atoms with Crippen molar-refractivity contribution in [3.8, 4) is 0 Å². The molecule has 3 aliphatic heterocycles. The Bertz CT molecular complexity index is 1080. The minimum atomic E-state index is -1.08. The van der Waals surface area contributed by atoms with Gasteiger partial charge in [0.05, 0.1) is 24.5 Å². The zero-order chi connectivity index (χ0) is 28.7. The Kier molecular flexibility index (Phi) is 10.4. The summed E-state index contributed by atoms with van der Waals surface area (Å²) in [7, 11) is 0. The molecule has 4 rings (SSSR count). The van der Waals surface area contributed by atoms with Gasteiger partial charge in [0.1, 0.15) is 11.6 Å². The highest BCUT2D eigenvalue weighted by atomic mass is 35.5. The van der Waals surface area contributed by atoms with Crippen molar-refractivity contribution < 1.29 is 29.0 Å². The van der Waals surface area contributed by atoms with Crippen LogP contribution in [0.15, 0.2) is 49.6 Å². The van der Waals surface area contributed by atoms with Crippen molar-refractivity contribution in [1.29, 1.82) is 0 Å². The van der Waals surface area contributed by atoms with Crippen LogP contribution in [0, 0.1) is 11.8 Å². The molecule has 8 nitrogen and oxygen atoms in total. The third kappa shape index (κ3) is 5.99. The summed E-state index contributed by atoms with van der Waals surface area (Å²) in [4.78, 5) is 45.0. The number of likely N-dealkylation sites (tertiary alicyclic amines) is 1. The molecule has 3 aliphatic rings. The molecule has 1 N–H and O–H groups in total. The van der Waals surface area contributed by atoms with Gasteiger partial charge in [-0.3, -0.25) is 14.4 Å². The van der Waals surface area contributed by atoms with Crippen LogP contribution in [0.2, 0.25) is 5.02 Å². The lowest BCUT2D eigenvalue weighted by Crippen LogP contribution is -2.56. The van der Waals surface area contributed by atoms with Crippen molar-refractivity contribution >= 4 is 35.1 Å². The molecule has 40 heavy (non-hydrogen) atoms. The SMILES string of the molecule is C=CCCCCOC(=O)[C@@H]1[C@H]2C(=O)N(CCCCCCO)C(C(=O)N(CC=C)c3ccc(Cl)cc3)C23CC[C@H]1O3.